The number of hydrogen-bond acceptors (Lipinski definition) is 3. The normalized spacial score (nSPS) is 28.1. The van der Waals surface area contributed by atoms with Crippen molar-refractivity contribution in [2.45, 2.75) is 38.6 Å². The van der Waals surface area contributed by atoms with Crippen LogP contribution in [0, 0.1) is 0 Å². The topological polar surface area (TPSA) is 38.7 Å². The van der Waals surface area contributed by atoms with Gasteiger partial charge in [0.05, 0.1) is 0 Å². The van der Waals surface area contributed by atoms with E-state index in [1.807, 2.05) is 13.8 Å². The Morgan fingerprint density at radius 3 is 2.09 bits per heavy atom. The first-order valence-corrected chi connectivity index (χ1v) is 4.21. The zero-order chi connectivity index (χ0) is 8.32. The van der Waals surface area contributed by atoms with Gasteiger partial charge in [0.1, 0.15) is 6.10 Å². The zero-order valence-electron chi connectivity index (χ0n) is 7.17. The molecule has 1 fully saturated rings. The third kappa shape index (κ3) is 1.55. The molecule has 0 aliphatic heterocycles. The molecule has 0 heterocycles. The van der Waals surface area contributed by atoms with E-state index in [4.69, 9.17) is 9.47 Å². The number of aliphatic hydroxyl groups is 1. The molecule has 0 saturated heterocycles. The molecule has 0 aromatic carbocycles. The molecular formula is C8H16O3. The van der Waals surface area contributed by atoms with Crippen LogP contribution >= 0.6 is 0 Å². The van der Waals surface area contributed by atoms with Crippen LogP contribution in [0.5, 0.6) is 0 Å². The van der Waals surface area contributed by atoms with E-state index in [-0.39, 0.29) is 0 Å². The third-order valence-corrected chi connectivity index (χ3v) is 2.05. The standard InChI is InChI=1S/C8H16O3/c1-3-10-8(11-4-2)6-5-7(8)9/h7,9H,3-6H2,1-2H3/t7-/m0/s1. The van der Waals surface area contributed by atoms with Crippen LogP contribution in [-0.2, 0) is 9.47 Å². The lowest BCUT2D eigenvalue weighted by molar-refractivity contribution is -0.324. The van der Waals surface area contributed by atoms with Gasteiger partial charge in [-0.25, -0.2) is 0 Å². The van der Waals surface area contributed by atoms with E-state index in [0.717, 1.165) is 12.8 Å². The molecule has 1 saturated carbocycles. The third-order valence-electron chi connectivity index (χ3n) is 2.05. The Balaban J connectivity index is 2.42. The second-order valence-electron chi connectivity index (χ2n) is 2.73. The second kappa shape index (κ2) is 3.52. The number of ether oxygens (including phenoxy) is 2. The van der Waals surface area contributed by atoms with Gasteiger partial charge in [0.25, 0.3) is 0 Å². The van der Waals surface area contributed by atoms with Crippen LogP contribution < -0.4 is 0 Å². The minimum absolute atomic E-state index is 0.428. The van der Waals surface area contributed by atoms with Crippen molar-refractivity contribution in [3.8, 4) is 0 Å². The van der Waals surface area contributed by atoms with Crippen LogP contribution in [0.4, 0.5) is 0 Å². The monoisotopic (exact) mass is 160 g/mol. The van der Waals surface area contributed by atoms with Crippen molar-refractivity contribution in [2.24, 2.45) is 0 Å². The van der Waals surface area contributed by atoms with Crippen LogP contribution in [0.15, 0.2) is 0 Å². The molecule has 11 heavy (non-hydrogen) atoms. The lowest BCUT2D eigenvalue weighted by Crippen LogP contribution is -2.55. The summed E-state index contributed by atoms with van der Waals surface area (Å²) in [6.07, 6.45) is 1.18. The Hall–Kier alpha value is -0.120. The molecule has 0 unspecified atom stereocenters. The Morgan fingerprint density at radius 1 is 1.36 bits per heavy atom. The zero-order valence-corrected chi connectivity index (χ0v) is 7.17. The summed E-state index contributed by atoms with van der Waals surface area (Å²) in [6, 6.07) is 0. The molecule has 0 bridgehead atoms. The van der Waals surface area contributed by atoms with Crippen molar-refractivity contribution in [3.05, 3.63) is 0 Å². The first-order chi connectivity index (χ1) is 5.25. The van der Waals surface area contributed by atoms with E-state index in [1.54, 1.807) is 0 Å². The number of hydrogen-bond donors (Lipinski definition) is 1. The highest BCUT2D eigenvalue weighted by atomic mass is 16.7. The molecular weight excluding hydrogens is 144 g/mol. The quantitative estimate of drug-likeness (QED) is 0.621. The summed E-state index contributed by atoms with van der Waals surface area (Å²) in [6.45, 7) is 5.01. The Bertz CT molecular complexity index is 119. The van der Waals surface area contributed by atoms with Gasteiger partial charge >= 0.3 is 0 Å². The lowest BCUT2D eigenvalue weighted by Gasteiger charge is -2.45. The summed E-state index contributed by atoms with van der Waals surface area (Å²) >= 11 is 0. The van der Waals surface area contributed by atoms with E-state index in [2.05, 4.69) is 0 Å². The van der Waals surface area contributed by atoms with Crippen LogP contribution in [0.25, 0.3) is 0 Å². The van der Waals surface area contributed by atoms with Crippen molar-refractivity contribution < 1.29 is 14.6 Å². The van der Waals surface area contributed by atoms with Crippen molar-refractivity contribution in [3.63, 3.8) is 0 Å². The molecule has 1 N–H and O–H groups in total. The van der Waals surface area contributed by atoms with E-state index in [9.17, 15) is 5.11 Å². The first-order valence-electron chi connectivity index (χ1n) is 4.21. The van der Waals surface area contributed by atoms with Crippen LogP contribution in [-0.4, -0.2) is 30.2 Å². The van der Waals surface area contributed by atoms with Gasteiger partial charge in [0.2, 0.25) is 0 Å². The summed E-state index contributed by atoms with van der Waals surface area (Å²) in [5.41, 5.74) is 0. The fraction of sp³-hybridized carbons (Fsp3) is 1.00. The van der Waals surface area contributed by atoms with Crippen LogP contribution in [0.2, 0.25) is 0 Å². The van der Waals surface area contributed by atoms with Gasteiger partial charge in [0, 0.05) is 19.6 Å². The largest absolute Gasteiger partial charge is 0.388 e. The number of rotatable bonds is 4. The molecule has 66 valence electrons. The fourth-order valence-electron chi connectivity index (χ4n) is 1.38. The highest BCUT2D eigenvalue weighted by Gasteiger charge is 2.48. The maximum Gasteiger partial charge on any atom is 0.194 e. The van der Waals surface area contributed by atoms with Crippen molar-refractivity contribution in [1.82, 2.24) is 0 Å². The molecule has 1 rings (SSSR count). The SMILES string of the molecule is CCOC1(OCC)CC[C@@H]1O. The lowest BCUT2D eigenvalue weighted by atomic mass is 9.87. The minimum atomic E-state index is -0.663. The fourth-order valence-corrected chi connectivity index (χ4v) is 1.38. The Morgan fingerprint density at radius 2 is 1.91 bits per heavy atom. The maximum absolute atomic E-state index is 9.37. The Kier molecular flexibility index (Phi) is 2.87. The Labute approximate surface area is 67.3 Å². The van der Waals surface area contributed by atoms with Gasteiger partial charge in [0.15, 0.2) is 5.79 Å². The summed E-state index contributed by atoms with van der Waals surface area (Å²) in [5, 5.41) is 9.37. The first kappa shape index (κ1) is 8.97. The molecule has 0 amide bonds. The van der Waals surface area contributed by atoms with Gasteiger partial charge < -0.3 is 14.6 Å². The molecule has 3 nitrogen and oxygen atoms in total. The van der Waals surface area contributed by atoms with Crippen molar-refractivity contribution in [2.75, 3.05) is 13.2 Å². The molecule has 3 heteroatoms. The van der Waals surface area contributed by atoms with Gasteiger partial charge in [-0.3, -0.25) is 0 Å². The summed E-state index contributed by atoms with van der Waals surface area (Å²) < 4.78 is 10.7. The summed E-state index contributed by atoms with van der Waals surface area (Å²) in [5.74, 6) is -0.663. The van der Waals surface area contributed by atoms with E-state index < -0.39 is 11.9 Å². The average molecular weight is 160 g/mol. The van der Waals surface area contributed by atoms with E-state index in [0.29, 0.717) is 13.2 Å². The predicted octanol–water partition coefficient (Wildman–Crippen LogP) is 0.910. The molecule has 0 radical (unpaired) electrons. The van der Waals surface area contributed by atoms with Gasteiger partial charge in [-0.1, -0.05) is 0 Å². The predicted molar refractivity (Wildman–Crippen MR) is 41.2 cm³/mol. The smallest absolute Gasteiger partial charge is 0.194 e. The van der Waals surface area contributed by atoms with Gasteiger partial charge in [-0.2, -0.15) is 0 Å². The minimum Gasteiger partial charge on any atom is -0.388 e. The summed E-state index contributed by atoms with van der Waals surface area (Å²) in [7, 11) is 0. The number of aliphatic hydroxyl groups excluding tert-OH is 1. The van der Waals surface area contributed by atoms with Crippen LogP contribution in [0.1, 0.15) is 26.7 Å². The molecule has 1 aliphatic carbocycles. The van der Waals surface area contributed by atoms with Gasteiger partial charge in [-0.05, 0) is 20.3 Å². The van der Waals surface area contributed by atoms with E-state index in [1.165, 1.54) is 0 Å². The molecule has 1 atom stereocenters. The molecule has 0 aromatic rings. The summed E-state index contributed by atoms with van der Waals surface area (Å²) in [4.78, 5) is 0. The van der Waals surface area contributed by atoms with Crippen LogP contribution in [0.3, 0.4) is 0 Å². The highest BCUT2D eigenvalue weighted by Crippen LogP contribution is 2.36. The molecule has 1 aliphatic rings. The van der Waals surface area contributed by atoms with Crippen molar-refractivity contribution >= 4 is 0 Å². The highest BCUT2D eigenvalue weighted by molar-refractivity contribution is 4.90. The van der Waals surface area contributed by atoms with Gasteiger partial charge in [-0.15, -0.1) is 0 Å². The van der Waals surface area contributed by atoms with Crippen molar-refractivity contribution in [1.29, 1.82) is 0 Å². The average Bonchev–Trinajstić information content (AvgIpc) is 2.01. The maximum atomic E-state index is 9.37. The second-order valence-corrected chi connectivity index (χ2v) is 2.73. The molecule has 0 spiro atoms. The van der Waals surface area contributed by atoms with E-state index >= 15 is 0 Å². The molecule has 0 aromatic heterocycles.